The van der Waals surface area contributed by atoms with Crippen molar-refractivity contribution in [1.29, 1.82) is 0 Å². The summed E-state index contributed by atoms with van der Waals surface area (Å²) in [5.41, 5.74) is 7.10. The minimum absolute atomic E-state index is 0.0155. The molecule has 16 heavy (non-hydrogen) atoms. The highest BCUT2D eigenvalue weighted by Gasteiger charge is 2.06. The Balaban J connectivity index is 2.49. The molecule has 4 N–H and O–H groups in total. The fourth-order valence-electron chi connectivity index (χ4n) is 1.58. The highest BCUT2D eigenvalue weighted by molar-refractivity contribution is 5.81. The van der Waals surface area contributed by atoms with Gasteiger partial charge in [-0.3, -0.25) is 4.79 Å². The van der Waals surface area contributed by atoms with Gasteiger partial charge in [0.05, 0.1) is 6.17 Å². The second-order valence-corrected chi connectivity index (χ2v) is 3.74. The van der Waals surface area contributed by atoms with E-state index in [1.807, 2.05) is 25.1 Å². The Labute approximate surface area is 93.5 Å². The van der Waals surface area contributed by atoms with Crippen molar-refractivity contribution >= 4 is 16.6 Å². The lowest BCUT2D eigenvalue weighted by Gasteiger charge is -2.12. The van der Waals surface area contributed by atoms with Crippen LogP contribution in [0.2, 0.25) is 0 Å². The van der Waals surface area contributed by atoms with Crippen LogP contribution in [-0.2, 0) is 0 Å². The topological polar surface area (TPSA) is 70.9 Å². The Kier molecular flexibility index (Phi) is 2.92. The van der Waals surface area contributed by atoms with E-state index in [0.29, 0.717) is 11.1 Å². The van der Waals surface area contributed by atoms with E-state index < -0.39 is 0 Å². The van der Waals surface area contributed by atoms with Gasteiger partial charge in [0.25, 0.3) is 0 Å². The minimum atomic E-state index is -0.192. The van der Waals surface area contributed by atoms with E-state index in [9.17, 15) is 4.79 Å². The molecule has 2 aromatic rings. The van der Waals surface area contributed by atoms with Crippen LogP contribution in [0.25, 0.3) is 10.9 Å². The first kappa shape index (κ1) is 10.7. The molecule has 84 valence electrons. The zero-order chi connectivity index (χ0) is 11.5. The summed E-state index contributed by atoms with van der Waals surface area (Å²) in [4.78, 5) is 15.1. The molecule has 4 heteroatoms. The van der Waals surface area contributed by atoms with Gasteiger partial charge in [-0.2, -0.15) is 0 Å². The monoisotopic (exact) mass is 217 g/mol. The molecule has 0 saturated carbocycles. The molecule has 1 heterocycles. The molecule has 4 nitrogen and oxygen atoms in total. The number of H-pyrrole nitrogens is 1. The van der Waals surface area contributed by atoms with Gasteiger partial charge in [-0.25, -0.2) is 0 Å². The predicted molar refractivity (Wildman–Crippen MR) is 66.5 cm³/mol. The van der Waals surface area contributed by atoms with Crippen molar-refractivity contribution in [2.45, 2.75) is 19.5 Å². The van der Waals surface area contributed by atoms with Crippen LogP contribution in [0.5, 0.6) is 0 Å². The number of aromatic amines is 1. The molecular formula is C12H15N3O. The van der Waals surface area contributed by atoms with Gasteiger partial charge in [-0.05, 0) is 18.6 Å². The van der Waals surface area contributed by atoms with Gasteiger partial charge in [-0.15, -0.1) is 0 Å². The SMILES string of the molecule is CCC(N)Nc1c[nH]c2ccccc2c1=O. The van der Waals surface area contributed by atoms with Gasteiger partial charge in [0.1, 0.15) is 5.69 Å². The molecule has 0 aliphatic rings. The van der Waals surface area contributed by atoms with Gasteiger partial charge in [-0.1, -0.05) is 19.1 Å². The van der Waals surface area contributed by atoms with Crippen molar-refractivity contribution in [3.63, 3.8) is 0 Å². The zero-order valence-corrected chi connectivity index (χ0v) is 9.16. The van der Waals surface area contributed by atoms with Gasteiger partial charge in [0.15, 0.2) is 0 Å². The number of benzene rings is 1. The number of aromatic nitrogens is 1. The largest absolute Gasteiger partial charge is 0.366 e. The summed E-state index contributed by atoms with van der Waals surface area (Å²) < 4.78 is 0. The number of anilines is 1. The smallest absolute Gasteiger partial charge is 0.212 e. The predicted octanol–water partition coefficient (Wildman–Crippen LogP) is 1.63. The normalized spacial score (nSPS) is 12.6. The number of nitrogens with one attached hydrogen (secondary N) is 2. The Morgan fingerprint density at radius 1 is 1.44 bits per heavy atom. The van der Waals surface area contributed by atoms with Crippen LogP contribution in [0.3, 0.4) is 0 Å². The maximum Gasteiger partial charge on any atom is 0.212 e. The third kappa shape index (κ3) is 1.92. The summed E-state index contributed by atoms with van der Waals surface area (Å²) in [5.74, 6) is 0. The van der Waals surface area contributed by atoms with E-state index in [4.69, 9.17) is 5.73 Å². The zero-order valence-electron chi connectivity index (χ0n) is 9.16. The summed E-state index contributed by atoms with van der Waals surface area (Å²) in [6, 6.07) is 7.42. The number of hydrogen-bond acceptors (Lipinski definition) is 3. The summed E-state index contributed by atoms with van der Waals surface area (Å²) >= 11 is 0. The minimum Gasteiger partial charge on any atom is -0.366 e. The maximum absolute atomic E-state index is 12.0. The Morgan fingerprint density at radius 2 is 2.19 bits per heavy atom. The summed E-state index contributed by atoms with van der Waals surface area (Å²) in [6.07, 6.45) is 2.24. The van der Waals surface area contributed by atoms with Crippen LogP contribution in [0.15, 0.2) is 35.3 Å². The van der Waals surface area contributed by atoms with Crippen LogP contribution >= 0.6 is 0 Å². The van der Waals surface area contributed by atoms with Crippen molar-refractivity contribution in [3.8, 4) is 0 Å². The molecule has 0 bridgehead atoms. The average Bonchev–Trinajstić information content (AvgIpc) is 2.33. The third-order valence-corrected chi connectivity index (χ3v) is 2.57. The van der Waals surface area contributed by atoms with Crippen molar-refractivity contribution < 1.29 is 0 Å². The fourth-order valence-corrected chi connectivity index (χ4v) is 1.58. The average molecular weight is 217 g/mol. The molecule has 0 saturated heterocycles. The third-order valence-electron chi connectivity index (χ3n) is 2.57. The van der Waals surface area contributed by atoms with Crippen molar-refractivity contribution in [2.75, 3.05) is 5.32 Å². The number of fused-ring (bicyclic) bond motifs is 1. The number of para-hydroxylation sites is 1. The van der Waals surface area contributed by atoms with Crippen LogP contribution in [0.1, 0.15) is 13.3 Å². The Hall–Kier alpha value is -1.81. The first-order valence-corrected chi connectivity index (χ1v) is 5.35. The van der Waals surface area contributed by atoms with Crippen molar-refractivity contribution in [2.24, 2.45) is 5.73 Å². The Bertz CT molecular complexity index is 547. The van der Waals surface area contributed by atoms with Crippen LogP contribution in [0.4, 0.5) is 5.69 Å². The summed E-state index contributed by atoms with van der Waals surface area (Å²) in [6.45, 7) is 1.97. The Morgan fingerprint density at radius 3 is 2.94 bits per heavy atom. The van der Waals surface area contributed by atoms with E-state index >= 15 is 0 Å². The molecule has 2 rings (SSSR count). The molecule has 1 atom stereocenters. The van der Waals surface area contributed by atoms with Crippen LogP contribution in [0, 0.1) is 0 Å². The summed E-state index contributed by atoms with van der Waals surface area (Å²) in [5, 5.41) is 3.66. The molecule has 0 amide bonds. The molecule has 0 spiro atoms. The van der Waals surface area contributed by atoms with Crippen molar-refractivity contribution in [1.82, 2.24) is 4.98 Å². The van der Waals surface area contributed by atoms with Gasteiger partial charge < -0.3 is 16.0 Å². The van der Waals surface area contributed by atoms with Crippen LogP contribution < -0.4 is 16.5 Å². The number of nitrogens with two attached hydrogens (primary N) is 1. The summed E-state index contributed by atoms with van der Waals surface area (Å²) in [7, 11) is 0. The number of hydrogen-bond donors (Lipinski definition) is 3. The van der Waals surface area contributed by atoms with Crippen molar-refractivity contribution in [3.05, 3.63) is 40.7 Å². The quantitative estimate of drug-likeness (QED) is 0.684. The fraction of sp³-hybridized carbons (Fsp3) is 0.250. The van der Waals surface area contributed by atoms with E-state index in [2.05, 4.69) is 10.3 Å². The standard InChI is InChI=1S/C12H15N3O/c1-2-11(13)15-10-7-14-9-6-4-3-5-8(9)12(10)16/h3-7,11,15H,2,13H2,1H3,(H,14,16). The molecular weight excluding hydrogens is 202 g/mol. The lowest BCUT2D eigenvalue weighted by Crippen LogP contribution is -2.31. The molecule has 0 aliphatic carbocycles. The highest BCUT2D eigenvalue weighted by atomic mass is 16.1. The molecule has 1 aromatic heterocycles. The van der Waals surface area contributed by atoms with E-state index in [0.717, 1.165) is 11.9 Å². The lowest BCUT2D eigenvalue weighted by atomic mass is 10.2. The van der Waals surface area contributed by atoms with Crippen LogP contribution in [-0.4, -0.2) is 11.1 Å². The van der Waals surface area contributed by atoms with E-state index in [-0.39, 0.29) is 11.6 Å². The van der Waals surface area contributed by atoms with E-state index in [1.165, 1.54) is 0 Å². The van der Waals surface area contributed by atoms with Gasteiger partial charge >= 0.3 is 0 Å². The van der Waals surface area contributed by atoms with Gasteiger partial charge in [0, 0.05) is 17.1 Å². The number of rotatable bonds is 3. The maximum atomic E-state index is 12.0. The lowest BCUT2D eigenvalue weighted by molar-refractivity contribution is 0.729. The first-order chi connectivity index (χ1) is 7.72. The second-order valence-electron chi connectivity index (χ2n) is 3.74. The second kappa shape index (κ2) is 4.37. The molecule has 0 radical (unpaired) electrons. The molecule has 1 aromatic carbocycles. The first-order valence-electron chi connectivity index (χ1n) is 5.35. The number of pyridine rings is 1. The highest BCUT2D eigenvalue weighted by Crippen LogP contribution is 2.09. The van der Waals surface area contributed by atoms with E-state index in [1.54, 1.807) is 12.3 Å². The molecule has 0 aliphatic heterocycles. The molecule has 1 unspecified atom stereocenters. The molecule has 0 fully saturated rings. The van der Waals surface area contributed by atoms with Gasteiger partial charge in [0.2, 0.25) is 5.43 Å².